The second-order valence-corrected chi connectivity index (χ2v) is 8.02. The maximum atomic E-state index is 13.4. The molecule has 0 bridgehead atoms. The lowest BCUT2D eigenvalue weighted by molar-refractivity contribution is -0.131. The van der Waals surface area contributed by atoms with Crippen molar-refractivity contribution in [3.05, 3.63) is 65.5 Å². The third kappa shape index (κ3) is 4.81. The van der Waals surface area contributed by atoms with Crippen molar-refractivity contribution in [1.29, 1.82) is 0 Å². The van der Waals surface area contributed by atoms with Crippen LogP contribution in [0.25, 0.3) is 0 Å². The smallest absolute Gasteiger partial charge is 0.253 e. The van der Waals surface area contributed by atoms with E-state index in [4.69, 9.17) is 4.74 Å². The summed E-state index contributed by atoms with van der Waals surface area (Å²) in [6.07, 6.45) is 4.17. The van der Waals surface area contributed by atoms with Gasteiger partial charge >= 0.3 is 0 Å². The minimum atomic E-state index is -0.326. The summed E-state index contributed by atoms with van der Waals surface area (Å²) < 4.78 is 19.3. The molecule has 0 spiro atoms. The van der Waals surface area contributed by atoms with Crippen LogP contribution >= 0.6 is 0 Å². The van der Waals surface area contributed by atoms with E-state index in [1.165, 1.54) is 12.1 Å². The summed E-state index contributed by atoms with van der Waals surface area (Å²) in [6.45, 7) is 2.77. The first kappa shape index (κ1) is 20.4. The summed E-state index contributed by atoms with van der Waals surface area (Å²) in [5.74, 6) is 0.438. The topological polar surface area (TPSA) is 49.9 Å². The first-order chi connectivity index (χ1) is 14.6. The van der Waals surface area contributed by atoms with Crippen molar-refractivity contribution in [2.75, 3.05) is 26.2 Å². The zero-order valence-electron chi connectivity index (χ0n) is 17.1. The maximum absolute atomic E-state index is 13.4. The number of ether oxygens (including phenoxy) is 1. The van der Waals surface area contributed by atoms with Crippen molar-refractivity contribution >= 4 is 11.8 Å². The Morgan fingerprint density at radius 1 is 1.00 bits per heavy atom. The molecule has 1 atom stereocenters. The molecule has 5 nitrogen and oxygen atoms in total. The van der Waals surface area contributed by atoms with Crippen LogP contribution in [0.3, 0.4) is 0 Å². The highest BCUT2D eigenvalue weighted by atomic mass is 19.1. The molecule has 2 saturated heterocycles. The molecule has 4 rings (SSSR count). The van der Waals surface area contributed by atoms with Crippen molar-refractivity contribution in [2.24, 2.45) is 0 Å². The van der Waals surface area contributed by atoms with Crippen LogP contribution in [0.15, 0.2) is 48.5 Å². The average Bonchev–Trinajstić information content (AvgIpc) is 3.44. The Hall–Kier alpha value is -2.89. The summed E-state index contributed by atoms with van der Waals surface area (Å²) >= 11 is 0. The van der Waals surface area contributed by atoms with Gasteiger partial charge in [0.25, 0.3) is 5.91 Å². The molecule has 0 N–H and O–H groups in total. The van der Waals surface area contributed by atoms with E-state index >= 15 is 0 Å². The third-order valence-corrected chi connectivity index (χ3v) is 5.88. The molecular formula is C24H27FN2O3. The molecule has 0 radical (unpaired) electrons. The van der Waals surface area contributed by atoms with Gasteiger partial charge in [-0.05, 0) is 67.6 Å². The lowest BCUT2D eigenvalue weighted by Gasteiger charge is -2.25. The lowest BCUT2D eigenvalue weighted by atomic mass is 10.1. The van der Waals surface area contributed by atoms with Gasteiger partial charge in [0.1, 0.15) is 18.2 Å². The standard InChI is InChI=1S/C24H27FN2O3/c25-20-6-3-5-18(15-20)16-23(28)27-14-4-7-21(27)17-30-22-10-8-19(9-11-22)24(29)26-12-1-2-13-26/h3,5-6,8-11,15,21H,1-2,4,7,12-14,16-17H2/t21-/m0/s1. The second-order valence-electron chi connectivity index (χ2n) is 8.02. The van der Waals surface area contributed by atoms with Gasteiger partial charge in [-0.15, -0.1) is 0 Å². The Morgan fingerprint density at radius 3 is 2.50 bits per heavy atom. The average molecular weight is 410 g/mol. The number of amides is 2. The normalized spacial score (nSPS) is 18.6. The Bertz CT molecular complexity index is 894. The van der Waals surface area contributed by atoms with E-state index in [2.05, 4.69) is 0 Å². The van der Waals surface area contributed by atoms with Crippen molar-refractivity contribution in [3.8, 4) is 5.75 Å². The van der Waals surface area contributed by atoms with E-state index in [0.717, 1.165) is 38.8 Å². The van der Waals surface area contributed by atoms with Crippen LogP contribution < -0.4 is 4.74 Å². The number of carbonyl (C=O) groups is 2. The van der Waals surface area contributed by atoms with Gasteiger partial charge in [-0.25, -0.2) is 4.39 Å². The number of nitrogens with zero attached hydrogens (tertiary/aromatic N) is 2. The summed E-state index contributed by atoms with van der Waals surface area (Å²) in [5.41, 5.74) is 1.36. The van der Waals surface area contributed by atoms with E-state index < -0.39 is 0 Å². The molecule has 30 heavy (non-hydrogen) atoms. The maximum Gasteiger partial charge on any atom is 0.253 e. The number of carbonyl (C=O) groups excluding carboxylic acids is 2. The highest BCUT2D eigenvalue weighted by Crippen LogP contribution is 2.22. The van der Waals surface area contributed by atoms with Gasteiger partial charge in [0.05, 0.1) is 12.5 Å². The number of benzene rings is 2. The highest BCUT2D eigenvalue weighted by molar-refractivity contribution is 5.94. The quantitative estimate of drug-likeness (QED) is 0.730. The molecule has 0 saturated carbocycles. The first-order valence-corrected chi connectivity index (χ1v) is 10.7. The van der Waals surface area contributed by atoms with Crippen molar-refractivity contribution in [1.82, 2.24) is 9.80 Å². The van der Waals surface area contributed by atoms with Gasteiger partial charge in [-0.3, -0.25) is 9.59 Å². The number of rotatable bonds is 6. The van der Waals surface area contributed by atoms with Crippen molar-refractivity contribution in [3.63, 3.8) is 0 Å². The second kappa shape index (κ2) is 9.28. The molecule has 2 aromatic carbocycles. The Balaban J connectivity index is 1.31. The summed E-state index contributed by atoms with van der Waals surface area (Å²) in [5, 5.41) is 0. The monoisotopic (exact) mass is 410 g/mol. The van der Waals surface area contributed by atoms with Gasteiger partial charge < -0.3 is 14.5 Å². The third-order valence-electron chi connectivity index (χ3n) is 5.88. The first-order valence-electron chi connectivity index (χ1n) is 10.7. The van der Waals surface area contributed by atoms with Crippen molar-refractivity contribution < 1.29 is 18.7 Å². The van der Waals surface area contributed by atoms with Crippen LogP contribution in [-0.2, 0) is 11.2 Å². The predicted molar refractivity (Wildman–Crippen MR) is 112 cm³/mol. The Labute approximate surface area is 176 Å². The van der Waals surface area contributed by atoms with Gasteiger partial charge in [0.2, 0.25) is 5.91 Å². The fourth-order valence-electron chi connectivity index (χ4n) is 4.25. The molecule has 2 aromatic rings. The molecule has 2 amide bonds. The van der Waals surface area contributed by atoms with Crippen LogP contribution in [0, 0.1) is 5.82 Å². The van der Waals surface area contributed by atoms with Crippen LogP contribution in [0.5, 0.6) is 5.75 Å². The summed E-state index contributed by atoms with van der Waals surface area (Å²) in [4.78, 5) is 28.9. The van der Waals surface area contributed by atoms with Crippen LogP contribution in [0.2, 0.25) is 0 Å². The summed E-state index contributed by atoms with van der Waals surface area (Å²) in [7, 11) is 0. The van der Waals surface area contributed by atoms with E-state index in [9.17, 15) is 14.0 Å². The predicted octanol–water partition coefficient (Wildman–Crippen LogP) is 3.67. The lowest BCUT2D eigenvalue weighted by Crippen LogP contribution is -2.39. The SMILES string of the molecule is O=C(c1ccc(OC[C@@H]2CCCN2C(=O)Cc2cccc(F)c2)cc1)N1CCCC1. The fourth-order valence-corrected chi connectivity index (χ4v) is 4.25. The van der Waals surface area contributed by atoms with Crippen molar-refractivity contribution in [2.45, 2.75) is 38.1 Å². The molecular weight excluding hydrogens is 383 g/mol. The minimum Gasteiger partial charge on any atom is -0.491 e. The van der Waals surface area contributed by atoms with Gasteiger partial charge in [0.15, 0.2) is 0 Å². The Kier molecular flexibility index (Phi) is 6.31. The number of halogens is 1. The van der Waals surface area contributed by atoms with Gasteiger partial charge in [-0.1, -0.05) is 12.1 Å². The summed E-state index contributed by atoms with van der Waals surface area (Å²) in [6, 6.07) is 13.4. The molecule has 2 heterocycles. The van der Waals surface area contributed by atoms with E-state index in [1.54, 1.807) is 24.3 Å². The molecule has 158 valence electrons. The zero-order valence-corrected chi connectivity index (χ0v) is 17.1. The fraction of sp³-hybridized carbons (Fsp3) is 0.417. The molecule has 0 aromatic heterocycles. The molecule has 0 unspecified atom stereocenters. The van der Waals surface area contributed by atoms with Crippen LogP contribution in [-0.4, -0.2) is 53.9 Å². The largest absolute Gasteiger partial charge is 0.491 e. The van der Waals surface area contributed by atoms with E-state index in [0.29, 0.717) is 30.0 Å². The van der Waals surface area contributed by atoms with E-state index in [-0.39, 0.29) is 30.1 Å². The Morgan fingerprint density at radius 2 is 1.77 bits per heavy atom. The van der Waals surface area contributed by atoms with Gasteiger partial charge in [-0.2, -0.15) is 0 Å². The van der Waals surface area contributed by atoms with Crippen LogP contribution in [0.4, 0.5) is 4.39 Å². The molecule has 0 aliphatic carbocycles. The molecule has 6 heteroatoms. The highest BCUT2D eigenvalue weighted by Gasteiger charge is 2.29. The van der Waals surface area contributed by atoms with Gasteiger partial charge in [0, 0.05) is 25.2 Å². The van der Waals surface area contributed by atoms with Crippen LogP contribution in [0.1, 0.15) is 41.6 Å². The number of likely N-dealkylation sites (tertiary alicyclic amines) is 2. The minimum absolute atomic E-state index is 0.00161. The van der Waals surface area contributed by atoms with E-state index in [1.807, 2.05) is 21.9 Å². The molecule has 2 aliphatic rings. The molecule has 2 aliphatic heterocycles. The zero-order chi connectivity index (χ0) is 20.9. The molecule has 2 fully saturated rings. The number of hydrogen-bond donors (Lipinski definition) is 0. The number of hydrogen-bond acceptors (Lipinski definition) is 3.